The lowest BCUT2D eigenvalue weighted by Crippen LogP contribution is -2.34. The maximum absolute atomic E-state index is 2.36. The van der Waals surface area contributed by atoms with Crippen molar-refractivity contribution in [2.75, 3.05) is 6.26 Å². The number of nitrogens with zero attached hydrogens (tertiary/aromatic N) is 2. The summed E-state index contributed by atoms with van der Waals surface area (Å²) >= 11 is 1.80. The van der Waals surface area contributed by atoms with E-state index in [1.165, 1.54) is 15.9 Å². The van der Waals surface area contributed by atoms with E-state index in [-0.39, 0.29) is 0 Å². The molecule has 0 aliphatic rings. The van der Waals surface area contributed by atoms with Gasteiger partial charge >= 0.3 is 0 Å². The Balaban J connectivity index is 2.72. The Hall–Kier alpha value is -0.960. The van der Waals surface area contributed by atoms with Gasteiger partial charge in [-0.15, -0.1) is 11.8 Å². The minimum atomic E-state index is 0.495. The molecule has 1 aromatic heterocycles. The van der Waals surface area contributed by atoms with E-state index >= 15 is 0 Å². The fraction of sp³-hybridized carbons (Fsp3) is 0.500. The average molecular weight is 249 g/mol. The Bertz CT molecular complexity index is 526. The first-order valence-corrected chi connectivity index (χ1v) is 7.36. The zero-order valence-corrected chi connectivity index (χ0v) is 12.1. The van der Waals surface area contributed by atoms with Crippen LogP contribution in [0.5, 0.6) is 0 Å². The van der Waals surface area contributed by atoms with Crippen molar-refractivity contribution < 1.29 is 4.57 Å². The van der Waals surface area contributed by atoms with E-state index in [4.69, 9.17) is 0 Å². The second-order valence-corrected chi connectivity index (χ2v) is 5.85. The molecule has 0 radical (unpaired) electrons. The number of hydrogen-bond donors (Lipinski definition) is 0. The summed E-state index contributed by atoms with van der Waals surface area (Å²) in [5.74, 6) is 0. The highest BCUT2D eigenvalue weighted by Crippen LogP contribution is 2.23. The fourth-order valence-corrected chi connectivity index (χ4v) is 2.57. The van der Waals surface area contributed by atoms with E-state index in [0.29, 0.717) is 12.1 Å². The zero-order valence-electron chi connectivity index (χ0n) is 11.3. The molecule has 17 heavy (non-hydrogen) atoms. The van der Waals surface area contributed by atoms with Crippen LogP contribution in [-0.4, -0.2) is 10.8 Å². The maximum atomic E-state index is 2.36. The van der Waals surface area contributed by atoms with Crippen LogP contribution in [-0.2, 0) is 0 Å². The lowest BCUT2D eigenvalue weighted by atomic mass is 10.2. The molecule has 2 rings (SSSR count). The van der Waals surface area contributed by atoms with E-state index < -0.39 is 0 Å². The van der Waals surface area contributed by atoms with Crippen LogP contribution in [0.4, 0.5) is 0 Å². The van der Waals surface area contributed by atoms with Crippen molar-refractivity contribution >= 4 is 22.8 Å². The molecule has 0 N–H and O–H groups in total. The van der Waals surface area contributed by atoms with Crippen LogP contribution in [0.3, 0.4) is 0 Å². The molecule has 0 atom stereocenters. The van der Waals surface area contributed by atoms with Gasteiger partial charge < -0.3 is 0 Å². The van der Waals surface area contributed by atoms with Crippen molar-refractivity contribution in [1.29, 1.82) is 0 Å². The number of rotatable bonds is 3. The molecule has 0 unspecified atom stereocenters. The Morgan fingerprint density at radius 2 is 1.88 bits per heavy atom. The van der Waals surface area contributed by atoms with Gasteiger partial charge in [0.25, 0.3) is 0 Å². The zero-order chi connectivity index (χ0) is 12.6. The molecule has 0 amide bonds. The molecule has 92 valence electrons. The predicted molar refractivity (Wildman–Crippen MR) is 74.7 cm³/mol. The predicted octanol–water partition coefficient (Wildman–Crippen LogP) is 3.81. The molecule has 0 aliphatic carbocycles. The number of imidazole rings is 1. The number of fused-ring (bicyclic) bond motifs is 1. The molecule has 0 aliphatic heterocycles. The summed E-state index contributed by atoms with van der Waals surface area (Å²) in [6, 6.07) is 7.72. The average Bonchev–Trinajstić information content (AvgIpc) is 2.67. The molecule has 0 saturated heterocycles. The van der Waals surface area contributed by atoms with Crippen LogP contribution in [0.15, 0.2) is 29.4 Å². The third-order valence-corrected chi connectivity index (χ3v) is 3.83. The van der Waals surface area contributed by atoms with E-state index in [1.54, 1.807) is 11.8 Å². The Morgan fingerprint density at radius 3 is 2.41 bits per heavy atom. The van der Waals surface area contributed by atoms with E-state index in [2.05, 4.69) is 67.6 Å². The second-order valence-electron chi connectivity index (χ2n) is 4.97. The quantitative estimate of drug-likeness (QED) is 0.593. The highest BCUT2D eigenvalue weighted by Gasteiger charge is 2.19. The molecular weight excluding hydrogens is 228 g/mol. The molecular formula is C14H21N2S+. The smallest absolute Gasteiger partial charge is 0.228 e. The third kappa shape index (κ3) is 2.21. The first-order valence-electron chi connectivity index (χ1n) is 6.14. The van der Waals surface area contributed by atoms with Crippen molar-refractivity contribution in [3.8, 4) is 0 Å². The normalized spacial score (nSPS) is 11.9. The first kappa shape index (κ1) is 12.5. The number of thioether (sulfide) groups is 1. The Kier molecular flexibility index (Phi) is 3.48. The second kappa shape index (κ2) is 4.73. The molecule has 1 heterocycles. The molecule has 0 spiro atoms. The summed E-state index contributed by atoms with van der Waals surface area (Å²) in [7, 11) is 0. The molecule has 0 bridgehead atoms. The van der Waals surface area contributed by atoms with Gasteiger partial charge in [0.2, 0.25) is 6.33 Å². The monoisotopic (exact) mass is 249 g/mol. The van der Waals surface area contributed by atoms with E-state index in [1.807, 2.05) is 0 Å². The summed E-state index contributed by atoms with van der Waals surface area (Å²) in [5.41, 5.74) is 2.66. The van der Waals surface area contributed by atoms with Crippen molar-refractivity contribution in [3.05, 3.63) is 24.5 Å². The maximum Gasteiger partial charge on any atom is 0.245 e. The minimum absolute atomic E-state index is 0.495. The van der Waals surface area contributed by atoms with Gasteiger partial charge in [-0.05, 0) is 46.1 Å². The van der Waals surface area contributed by atoms with Gasteiger partial charge in [0.1, 0.15) is 0 Å². The van der Waals surface area contributed by atoms with Crippen molar-refractivity contribution in [2.24, 2.45) is 0 Å². The van der Waals surface area contributed by atoms with Gasteiger partial charge in [-0.1, -0.05) is 0 Å². The number of aromatic nitrogens is 2. The van der Waals surface area contributed by atoms with E-state index in [0.717, 1.165) is 0 Å². The van der Waals surface area contributed by atoms with Gasteiger partial charge in [0, 0.05) is 11.0 Å². The summed E-state index contributed by atoms with van der Waals surface area (Å²) in [4.78, 5) is 1.33. The fourth-order valence-electron chi connectivity index (χ4n) is 2.14. The number of hydrogen-bond acceptors (Lipinski definition) is 1. The molecule has 1 aromatic carbocycles. The molecule has 0 saturated carbocycles. The Labute approximate surface area is 108 Å². The largest absolute Gasteiger partial charge is 0.245 e. The SMILES string of the molecule is CSc1ccc2c(c1)n(C(C)C)c[n+]2C(C)C. The topological polar surface area (TPSA) is 8.81 Å². The van der Waals surface area contributed by atoms with Crippen molar-refractivity contribution in [2.45, 2.75) is 44.7 Å². The van der Waals surface area contributed by atoms with Crippen LogP contribution in [0.1, 0.15) is 39.8 Å². The van der Waals surface area contributed by atoms with Crippen LogP contribution < -0.4 is 4.57 Å². The van der Waals surface area contributed by atoms with Gasteiger partial charge in [-0.2, -0.15) is 0 Å². The molecule has 2 aromatic rings. The van der Waals surface area contributed by atoms with Crippen LogP contribution in [0, 0.1) is 0 Å². The first-order chi connectivity index (χ1) is 8.04. The molecule has 2 nitrogen and oxygen atoms in total. The summed E-state index contributed by atoms with van der Waals surface area (Å²) in [5, 5.41) is 0. The third-order valence-electron chi connectivity index (χ3n) is 3.10. The van der Waals surface area contributed by atoms with Crippen LogP contribution in [0.2, 0.25) is 0 Å². The number of benzene rings is 1. The lowest BCUT2D eigenvalue weighted by Gasteiger charge is -2.01. The molecule has 0 fully saturated rings. The van der Waals surface area contributed by atoms with Gasteiger partial charge in [0.15, 0.2) is 11.0 Å². The molecule has 3 heteroatoms. The van der Waals surface area contributed by atoms with Crippen LogP contribution in [0.25, 0.3) is 11.0 Å². The standard InChI is InChI=1S/C14H21N2S/c1-10(2)15-9-16(11(3)4)14-8-12(17-5)6-7-13(14)15/h6-11H,1-5H3/q+1. The van der Waals surface area contributed by atoms with E-state index in [9.17, 15) is 0 Å². The van der Waals surface area contributed by atoms with Gasteiger partial charge in [0.05, 0.1) is 12.1 Å². The van der Waals surface area contributed by atoms with Crippen molar-refractivity contribution in [1.82, 2.24) is 4.57 Å². The summed E-state index contributed by atoms with van der Waals surface area (Å²) in [6.07, 6.45) is 4.37. The lowest BCUT2D eigenvalue weighted by molar-refractivity contribution is -0.692. The highest BCUT2D eigenvalue weighted by molar-refractivity contribution is 7.98. The summed E-state index contributed by atoms with van der Waals surface area (Å²) in [6.45, 7) is 8.92. The van der Waals surface area contributed by atoms with Crippen molar-refractivity contribution in [3.63, 3.8) is 0 Å². The minimum Gasteiger partial charge on any atom is -0.228 e. The summed E-state index contributed by atoms with van der Waals surface area (Å²) < 4.78 is 4.70. The Morgan fingerprint density at radius 1 is 1.18 bits per heavy atom. The van der Waals surface area contributed by atoms with Crippen LogP contribution >= 0.6 is 11.8 Å². The van der Waals surface area contributed by atoms with Gasteiger partial charge in [-0.25, -0.2) is 9.13 Å². The van der Waals surface area contributed by atoms with Gasteiger partial charge in [-0.3, -0.25) is 0 Å². The highest BCUT2D eigenvalue weighted by atomic mass is 32.2.